The van der Waals surface area contributed by atoms with Crippen LogP contribution in [0.4, 0.5) is 0 Å². The van der Waals surface area contributed by atoms with Crippen LogP contribution in [0.2, 0.25) is 0 Å². The third kappa shape index (κ3) is 4.94. The van der Waals surface area contributed by atoms with Gasteiger partial charge in [0.15, 0.2) is 11.5 Å². The Morgan fingerprint density at radius 1 is 0.968 bits per heavy atom. The first kappa shape index (κ1) is 22.9. The van der Waals surface area contributed by atoms with Crippen molar-refractivity contribution in [1.29, 1.82) is 0 Å². The van der Waals surface area contributed by atoms with E-state index in [9.17, 15) is 13.2 Å². The second-order valence-corrected chi connectivity index (χ2v) is 9.11. The van der Waals surface area contributed by atoms with Crippen LogP contribution in [0.15, 0.2) is 41.3 Å². The number of hydrogen-bond donors (Lipinski definition) is 1. The molecule has 1 N–H and O–H groups in total. The van der Waals surface area contributed by atoms with Gasteiger partial charge in [0, 0.05) is 30.8 Å². The molecule has 1 heterocycles. The summed E-state index contributed by atoms with van der Waals surface area (Å²) in [5, 5.41) is 2.81. The van der Waals surface area contributed by atoms with E-state index >= 15 is 0 Å². The van der Waals surface area contributed by atoms with Crippen molar-refractivity contribution in [3.05, 3.63) is 47.5 Å². The summed E-state index contributed by atoms with van der Waals surface area (Å²) in [5.74, 6) is 1.03. The fraction of sp³-hybridized carbons (Fsp3) is 0.409. The number of amides is 1. The molecule has 0 spiro atoms. The summed E-state index contributed by atoms with van der Waals surface area (Å²) >= 11 is 0. The summed E-state index contributed by atoms with van der Waals surface area (Å²) in [6.45, 7) is 1.20. The molecule has 3 rings (SSSR count). The monoisotopic (exact) mass is 448 g/mol. The minimum Gasteiger partial charge on any atom is -0.493 e. The molecule has 0 unspecified atom stereocenters. The van der Waals surface area contributed by atoms with Gasteiger partial charge in [-0.15, -0.1) is 0 Å². The number of carbonyl (C=O) groups excluding carboxylic acids is 1. The number of carbonyl (C=O) groups is 1. The highest BCUT2D eigenvalue weighted by Gasteiger charge is 2.26. The van der Waals surface area contributed by atoms with Gasteiger partial charge in [-0.1, -0.05) is 12.5 Å². The first-order valence-electron chi connectivity index (χ1n) is 10.1. The Bertz CT molecular complexity index is 1030. The molecule has 168 valence electrons. The average Bonchev–Trinajstić information content (AvgIpc) is 2.82. The predicted octanol–water partition coefficient (Wildman–Crippen LogP) is 2.82. The van der Waals surface area contributed by atoms with Gasteiger partial charge in [0.2, 0.25) is 15.8 Å². The number of methoxy groups -OCH3 is 3. The second-order valence-electron chi connectivity index (χ2n) is 7.17. The molecule has 0 radical (unpaired) electrons. The van der Waals surface area contributed by atoms with Crippen LogP contribution in [0.3, 0.4) is 0 Å². The van der Waals surface area contributed by atoms with Gasteiger partial charge in [-0.25, -0.2) is 8.42 Å². The quantitative estimate of drug-likeness (QED) is 0.667. The Kier molecular flexibility index (Phi) is 7.40. The Balaban J connectivity index is 1.77. The number of piperidine rings is 1. The molecule has 9 heteroatoms. The van der Waals surface area contributed by atoms with E-state index in [0.29, 0.717) is 35.9 Å². The summed E-state index contributed by atoms with van der Waals surface area (Å²) in [5.41, 5.74) is 0.975. The topological polar surface area (TPSA) is 94.2 Å². The Morgan fingerprint density at radius 3 is 2.32 bits per heavy atom. The molecule has 1 saturated heterocycles. The molecular formula is C22H28N2O6S. The Morgan fingerprint density at radius 2 is 1.68 bits per heavy atom. The lowest BCUT2D eigenvalue weighted by Gasteiger charge is -2.26. The first-order chi connectivity index (χ1) is 14.9. The van der Waals surface area contributed by atoms with E-state index in [-0.39, 0.29) is 22.9 Å². The van der Waals surface area contributed by atoms with E-state index < -0.39 is 10.0 Å². The maximum atomic E-state index is 12.9. The fourth-order valence-corrected chi connectivity index (χ4v) is 5.20. The van der Waals surface area contributed by atoms with E-state index in [1.165, 1.54) is 37.8 Å². The molecule has 1 aliphatic rings. The first-order valence-corrected chi connectivity index (χ1v) is 11.5. The molecule has 2 aromatic carbocycles. The Labute approximate surface area is 183 Å². The molecule has 0 bridgehead atoms. The van der Waals surface area contributed by atoms with Crippen molar-refractivity contribution in [2.45, 2.75) is 30.7 Å². The van der Waals surface area contributed by atoms with Crippen LogP contribution in [0.25, 0.3) is 0 Å². The minimum absolute atomic E-state index is 0.130. The number of benzene rings is 2. The van der Waals surface area contributed by atoms with Crippen molar-refractivity contribution in [3.63, 3.8) is 0 Å². The van der Waals surface area contributed by atoms with Crippen LogP contribution < -0.4 is 19.5 Å². The van der Waals surface area contributed by atoms with Gasteiger partial charge in [0.25, 0.3) is 5.91 Å². The van der Waals surface area contributed by atoms with E-state index in [2.05, 4.69) is 5.32 Å². The highest BCUT2D eigenvalue weighted by Crippen LogP contribution is 2.39. The van der Waals surface area contributed by atoms with Crippen LogP contribution >= 0.6 is 0 Å². The third-order valence-corrected chi connectivity index (χ3v) is 7.17. The largest absolute Gasteiger partial charge is 0.493 e. The second kappa shape index (κ2) is 10.0. The standard InChI is InChI=1S/C22H28N2O6S/c1-28-19-11-10-17(20(29-2)21(19)30-3)15-23-22(25)16-8-7-9-18(14-16)31(26,27)24-12-5-4-6-13-24/h7-11,14H,4-6,12-13,15H2,1-3H3,(H,23,25). The molecule has 0 aliphatic carbocycles. The molecule has 1 aliphatic heterocycles. The molecule has 0 aromatic heterocycles. The maximum absolute atomic E-state index is 12.9. The minimum atomic E-state index is -3.61. The van der Waals surface area contributed by atoms with E-state index in [0.717, 1.165) is 19.3 Å². The molecule has 2 aromatic rings. The van der Waals surface area contributed by atoms with Crippen LogP contribution in [-0.2, 0) is 16.6 Å². The predicted molar refractivity (Wildman–Crippen MR) is 116 cm³/mol. The van der Waals surface area contributed by atoms with Crippen molar-refractivity contribution in [3.8, 4) is 17.2 Å². The van der Waals surface area contributed by atoms with Gasteiger partial charge < -0.3 is 19.5 Å². The van der Waals surface area contributed by atoms with Gasteiger partial charge in [-0.05, 0) is 43.2 Å². The zero-order valence-electron chi connectivity index (χ0n) is 18.0. The summed E-state index contributed by atoms with van der Waals surface area (Å²) < 4.78 is 43.4. The smallest absolute Gasteiger partial charge is 0.251 e. The van der Waals surface area contributed by atoms with Crippen molar-refractivity contribution >= 4 is 15.9 Å². The molecule has 1 amide bonds. The molecule has 8 nitrogen and oxygen atoms in total. The zero-order chi connectivity index (χ0) is 22.4. The van der Waals surface area contributed by atoms with Crippen molar-refractivity contribution in [1.82, 2.24) is 9.62 Å². The number of sulfonamides is 1. The van der Waals surface area contributed by atoms with E-state index in [1.54, 1.807) is 24.3 Å². The van der Waals surface area contributed by atoms with Crippen LogP contribution in [0, 0.1) is 0 Å². The van der Waals surface area contributed by atoms with Crippen LogP contribution in [0.1, 0.15) is 35.2 Å². The highest BCUT2D eigenvalue weighted by molar-refractivity contribution is 7.89. The zero-order valence-corrected chi connectivity index (χ0v) is 18.8. The summed E-state index contributed by atoms with van der Waals surface area (Å²) in [7, 11) is 0.944. The highest BCUT2D eigenvalue weighted by atomic mass is 32.2. The lowest BCUT2D eigenvalue weighted by molar-refractivity contribution is 0.0950. The average molecular weight is 449 g/mol. The molecule has 0 saturated carbocycles. The molecule has 1 fully saturated rings. The number of ether oxygens (including phenoxy) is 3. The maximum Gasteiger partial charge on any atom is 0.251 e. The molecule has 31 heavy (non-hydrogen) atoms. The van der Waals surface area contributed by atoms with Crippen LogP contribution in [-0.4, -0.2) is 53.0 Å². The summed E-state index contributed by atoms with van der Waals surface area (Å²) in [4.78, 5) is 12.9. The lowest BCUT2D eigenvalue weighted by Crippen LogP contribution is -2.35. The fourth-order valence-electron chi connectivity index (χ4n) is 3.63. The van der Waals surface area contributed by atoms with E-state index in [1.807, 2.05) is 0 Å². The van der Waals surface area contributed by atoms with Crippen molar-refractivity contribution < 1.29 is 27.4 Å². The molecular weight excluding hydrogens is 420 g/mol. The van der Waals surface area contributed by atoms with Crippen LogP contribution in [0.5, 0.6) is 17.2 Å². The van der Waals surface area contributed by atoms with Gasteiger partial charge in [-0.3, -0.25) is 4.79 Å². The third-order valence-electron chi connectivity index (χ3n) is 5.27. The summed E-state index contributed by atoms with van der Waals surface area (Å²) in [6, 6.07) is 9.63. The Hall–Kier alpha value is -2.78. The lowest BCUT2D eigenvalue weighted by atomic mass is 10.1. The SMILES string of the molecule is COc1ccc(CNC(=O)c2cccc(S(=O)(=O)N3CCCCC3)c2)c(OC)c1OC. The van der Waals surface area contributed by atoms with Gasteiger partial charge >= 0.3 is 0 Å². The number of hydrogen-bond acceptors (Lipinski definition) is 6. The summed E-state index contributed by atoms with van der Waals surface area (Å²) in [6.07, 6.45) is 2.74. The van der Waals surface area contributed by atoms with Gasteiger partial charge in [0.1, 0.15) is 0 Å². The number of nitrogens with zero attached hydrogens (tertiary/aromatic N) is 1. The number of rotatable bonds is 8. The van der Waals surface area contributed by atoms with Gasteiger partial charge in [-0.2, -0.15) is 4.31 Å². The number of nitrogens with one attached hydrogen (secondary N) is 1. The molecule has 0 atom stereocenters. The van der Waals surface area contributed by atoms with Crippen molar-refractivity contribution in [2.75, 3.05) is 34.4 Å². The normalized spacial score (nSPS) is 14.7. The van der Waals surface area contributed by atoms with E-state index in [4.69, 9.17) is 14.2 Å². The van der Waals surface area contributed by atoms with Gasteiger partial charge in [0.05, 0.1) is 26.2 Å². The van der Waals surface area contributed by atoms with Crippen molar-refractivity contribution in [2.24, 2.45) is 0 Å².